The van der Waals surface area contributed by atoms with Crippen LogP contribution in [0.15, 0.2) is 54.6 Å². The van der Waals surface area contributed by atoms with Gasteiger partial charge in [-0.3, -0.25) is 0 Å². The molecule has 38 heavy (non-hydrogen) atoms. The molecule has 0 saturated heterocycles. The molecule has 0 heterocycles. The molecule has 0 radical (unpaired) electrons. The zero-order valence-electron chi connectivity index (χ0n) is 22.1. The summed E-state index contributed by atoms with van der Waals surface area (Å²) in [6, 6.07) is 17.3. The smallest absolute Gasteiger partial charge is 0.338 e. The van der Waals surface area contributed by atoms with E-state index in [1.807, 2.05) is 19.1 Å². The molecule has 0 spiro atoms. The second kappa shape index (κ2) is 11.2. The van der Waals surface area contributed by atoms with Gasteiger partial charge in [0, 0.05) is 24.0 Å². The third-order valence-corrected chi connectivity index (χ3v) is 8.28. The molecule has 0 bridgehead atoms. The van der Waals surface area contributed by atoms with Gasteiger partial charge in [0.05, 0.1) is 5.56 Å². The van der Waals surface area contributed by atoms with Crippen molar-refractivity contribution in [3.8, 4) is 11.1 Å². The average Bonchev–Trinajstić information content (AvgIpc) is 3.77. The molecule has 3 aromatic carbocycles. The fourth-order valence-corrected chi connectivity index (χ4v) is 6.05. The highest BCUT2D eigenvalue weighted by Gasteiger charge is 2.31. The highest BCUT2D eigenvalue weighted by atomic mass is 19.2. The number of rotatable bonds is 9. The SMILES string of the molecule is CN[C@@H](CN(c1ccccc1)c1cc(C2CC2)c(-c2cc(F)c(F)c(C(=O)O)c2)cc1C)C1CCCCC1. The molecular weight excluding hydrogens is 482 g/mol. The number of aryl methyl sites for hydroxylation is 1. The van der Waals surface area contributed by atoms with Gasteiger partial charge in [-0.2, -0.15) is 0 Å². The van der Waals surface area contributed by atoms with Crippen LogP contribution in [0.2, 0.25) is 0 Å². The van der Waals surface area contributed by atoms with Crippen LogP contribution in [0, 0.1) is 24.5 Å². The van der Waals surface area contributed by atoms with E-state index in [9.17, 15) is 18.7 Å². The van der Waals surface area contributed by atoms with E-state index in [4.69, 9.17) is 0 Å². The summed E-state index contributed by atoms with van der Waals surface area (Å²) in [5.74, 6) is -2.99. The number of carboxylic acid groups (broad SMARTS) is 1. The molecular formula is C32H36F2N2O2. The zero-order valence-corrected chi connectivity index (χ0v) is 22.1. The Balaban J connectivity index is 1.60. The van der Waals surface area contributed by atoms with E-state index in [-0.39, 0.29) is 0 Å². The first-order valence-corrected chi connectivity index (χ1v) is 13.7. The summed E-state index contributed by atoms with van der Waals surface area (Å²) in [5.41, 5.74) is 4.82. The van der Waals surface area contributed by atoms with E-state index in [0.717, 1.165) is 53.5 Å². The van der Waals surface area contributed by atoms with Crippen molar-refractivity contribution in [2.75, 3.05) is 18.5 Å². The number of nitrogens with zero attached hydrogens (tertiary/aromatic N) is 1. The Labute approximate surface area is 223 Å². The van der Waals surface area contributed by atoms with Gasteiger partial charge in [0.1, 0.15) is 0 Å². The molecule has 0 aromatic heterocycles. The van der Waals surface area contributed by atoms with E-state index in [2.05, 4.69) is 47.6 Å². The molecule has 200 valence electrons. The molecule has 2 aliphatic rings. The Morgan fingerprint density at radius 2 is 1.74 bits per heavy atom. The largest absolute Gasteiger partial charge is 0.478 e. The lowest BCUT2D eigenvalue weighted by molar-refractivity contribution is 0.0690. The summed E-state index contributed by atoms with van der Waals surface area (Å²) < 4.78 is 28.7. The maximum absolute atomic E-state index is 14.5. The number of carbonyl (C=O) groups is 1. The quantitative estimate of drug-likeness (QED) is 0.303. The van der Waals surface area contributed by atoms with Crippen LogP contribution < -0.4 is 10.2 Å². The fraction of sp³-hybridized carbons (Fsp3) is 0.406. The summed E-state index contributed by atoms with van der Waals surface area (Å²) in [5, 5.41) is 13.0. The topological polar surface area (TPSA) is 52.6 Å². The Hall–Kier alpha value is -3.25. The number of aromatic carboxylic acids is 1. The van der Waals surface area contributed by atoms with Gasteiger partial charge in [0.2, 0.25) is 0 Å². The minimum Gasteiger partial charge on any atom is -0.478 e. The maximum Gasteiger partial charge on any atom is 0.338 e. The minimum absolute atomic E-state index is 0.321. The number of benzene rings is 3. The van der Waals surface area contributed by atoms with E-state index in [1.54, 1.807) is 0 Å². The second-order valence-corrected chi connectivity index (χ2v) is 10.9. The maximum atomic E-state index is 14.5. The lowest BCUT2D eigenvalue weighted by Crippen LogP contribution is -2.43. The van der Waals surface area contributed by atoms with Crippen molar-refractivity contribution in [3.05, 3.63) is 82.9 Å². The number of para-hydroxylation sites is 1. The van der Waals surface area contributed by atoms with Crippen molar-refractivity contribution in [2.45, 2.75) is 63.8 Å². The van der Waals surface area contributed by atoms with Crippen LogP contribution in [-0.2, 0) is 0 Å². The van der Waals surface area contributed by atoms with Crippen LogP contribution in [-0.4, -0.2) is 30.7 Å². The minimum atomic E-state index is -1.47. The molecule has 3 aromatic rings. The summed E-state index contributed by atoms with van der Waals surface area (Å²) in [6.45, 7) is 2.86. The lowest BCUT2D eigenvalue weighted by atomic mass is 9.83. The molecule has 2 fully saturated rings. The first-order valence-electron chi connectivity index (χ1n) is 13.7. The second-order valence-electron chi connectivity index (χ2n) is 10.9. The van der Waals surface area contributed by atoms with E-state index < -0.39 is 23.2 Å². The molecule has 4 nitrogen and oxygen atoms in total. The number of halogens is 2. The van der Waals surface area contributed by atoms with Gasteiger partial charge in [0.25, 0.3) is 0 Å². The van der Waals surface area contributed by atoms with Gasteiger partial charge < -0.3 is 15.3 Å². The Bertz CT molecular complexity index is 1300. The standard InChI is InChI=1S/C32H36F2N2O2/c1-20-15-25(23-16-27(32(37)38)31(34)28(33)17-23)26(21-13-14-21)18-30(20)36(24-11-7-4-8-12-24)19-29(35-2)22-9-5-3-6-10-22/h4,7-8,11-12,15-18,21-22,29,35H,3,5-6,9-10,13-14,19H2,1-2H3,(H,37,38)/t29-/m0/s1. The Kier molecular flexibility index (Phi) is 7.80. The summed E-state index contributed by atoms with van der Waals surface area (Å²) in [4.78, 5) is 14.0. The third-order valence-electron chi connectivity index (χ3n) is 8.28. The van der Waals surface area contributed by atoms with E-state index >= 15 is 0 Å². The average molecular weight is 519 g/mol. The normalized spacial score (nSPS) is 16.8. The monoisotopic (exact) mass is 518 g/mol. The van der Waals surface area contributed by atoms with Gasteiger partial charge in [-0.15, -0.1) is 0 Å². The highest BCUT2D eigenvalue weighted by Crippen LogP contribution is 2.47. The predicted molar refractivity (Wildman–Crippen MR) is 148 cm³/mol. The fourth-order valence-electron chi connectivity index (χ4n) is 6.05. The van der Waals surface area contributed by atoms with Crippen LogP contribution in [0.1, 0.15) is 72.3 Å². The summed E-state index contributed by atoms with van der Waals surface area (Å²) in [7, 11) is 2.05. The van der Waals surface area contributed by atoms with Crippen LogP contribution in [0.3, 0.4) is 0 Å². The Morgan fingerprint density at radius 3 is 2.37 bits per heavy atom. The number of likely N-dealkylation sites (N-methyl/N-ethyl adjacent to an activating group) is 1. The van der Waals surface area contributed by atoms with Crippen molar-refractivity contribution in [2.24, 2.45) is 5.92 Å². The van der Waals surface area contributed by atoms with Gasteiger partial charge in [0.15, 0.2) is 11.6 Å². The van der Waals surface area contributed by atoms with Crippen molar-refractivity contribution >= 4 is 17.3 Å². The molecule has 2 saturated carbocycles. The highest BCUT2D eigenvalue weighted by molar-refractivity contribution is 5.90. The van der Waals surface area contributed by atoms with Crippen molar-refractivity contribution in [1.29, 1.82) is 0 Å². The van der Waals surface area contributed by atoms with Crippen LogP contribution in [0.4, 0.5) is 20.2 Å². The van der Waals surface area contributed by atoms with Gasteiger partial charge in [-0.25, -0.2) is 13.6 Å². The molecule has 0 unspecified atom stereocenters. The molecule has 0 amide bonds. The lowest BCUT2D eigenvalue weighted by Gasteiger charge is -2.36. The zero-order chi connectivity index (χ0) is 26.8. The first-order chi connectivity index (χ1) is 18.4. The number of anilines is 2. The number of nitrogens with one attached hydrogen (secondary N) is 1. The van der Waals surface area contributed by atoms with Crippen LogP contribution in [0.5, 0.6) is 0 Å². The molecule has 2 N–H and O–H groups in total. The van der Waals surface area contributed by atoms with Gasteiger partial charge in [-0.05, 0) is 110 Å². The van der Waals surface area contributed by atoms with E-state index in [0.29, 0.717) is 23.4 Å². The van der Waals surface area contributed by atoms with Crippen molar-refractivity contribution in [1.82, 2.24) is 5.32 Å². The van der Waals surface area contributed by atoms with Gasteiger partial charge >= 0.3 is 5.97 Å². The molecule has 5 rings (SSSR count). The van der Waals surface area contributed by atoms with Crippen molar-refractivity contribution < 1.29 is 18.7 Å². The molecule has 0 aliphatic heterocycles. The number of hydrogen-bond donors (Lipinski definition) is 2. The summed E-state index contributed by atoms with van der Waals surface area (Å²) >= 11 is 0. The predicted octanol–water partition coefficient (Wildman–Crippen LogP) is 7.82. The number of carboxylic acids is 1. The third kappa shape index (κ3) is 5.46. The first kappa shape index (κ1) is 26.4. The van der Waals surface area contributed by atoms with Crippen LogP contribution in [0.25, 0.3) is 11.1 Å². The van der Waals surface area contributed by atoms with E-state index in [1.165, 1.54) is 38.2 Å². The summed E-state index contributed by atoms with van der Waals surface area (Å²) in [6.07, 6.45) is 8.40. The van der Waals surface area contributed by atoms with Crippen LogP contribution >= 0.6 is 0 Å². The van der Waals surface area contributed by atoms with Crippen molar-refractivity contribution in [3.63, 3.8) is 0 Å². The Morgan fingerprint density at radius 1 is 1.03 bits per heavy atom. The number of hydrogen-bond acceptors (Lipinski definition) is 3. The molecule has 1 atom stereocenters. The molecule has 6 heteroatoms. The molecule has 2 aliphatic carbocycles. The van der Waals surface area contributed by atoms with Gasteiger partial charge in [-0.1, -0.05) is 37.5 Å².